The second-order valence-corrected chi connectivity index (χ2v) is 7.51. The second kappa shape index (κ2) is 9.07. The van der Waals surface area contributed by atoms with E-state index >= 15 is 0 Å². The van der Waals surface area contributed by atoms with Crippen molar-refractivity contribution >= 4 is 5.78 Å². The van der Waals surface area contributed by atoms with E-state index in [-0.39, 0.29) is 5.78 Å². The topological polar surface area (TPSA) is 78.0 Å². The molecule has 1 aliphatic rings. The molecular formula is C22H26N6O. The van der Waals surface area contributed by atoms with Crippen LogP contribution >= 0.6 is 0 Å². The van der Waals surface area contributed by atoms with E-state index in [0.29, 0.717) is 29.5 Å². The van der Waals surface area contributed by atoms with Crippen LogP contribution in [0.25, 0.3) is 11.5 Å². The number of nitrogens with zero attached hydrogens (tertiary/aromatic N) is 5. The summed E-state index contributed by atoms with van der Waals surface area (Å²) in [6.07, 6.45) is 5.36. The average molecular weight is 390 g/mol. The van der Waals surface area contributed by atoms with Crippen LogP contribution in [0.1, 0.15) is 29.3 Å². The normalized spacial score (nSPS) is 18.0. The maximum atomic E-state index is 12.8. The van der Waals surface area contributed by atoms with Crippen molar-refractivity contribution in [3.05, 3.63) is 66.1 Å². The van der Waals surface area contributed by atoms with Gasteiger partial charge in [-0.2, -0.15) is 5.10 Å². The molecule has 3 aromatic rings. The third-order valence-electron chi connectivity index (χ3n) is 5.46. The lowest BCUT2D eigenvalue weighted by molar-refractivity contribution is 0.0726. The Morgan fingerprint density at radius 2 is 1.93 bits per heavy atom. The molecule has 1 unspecified atom stereocenters. The molecular weight excluding hydrogens is 364 g/mol. The second-order valence-electron chi connectivity index (χ2n) is 7.51. The van der Waals surface area contributed by atoms with E-state index < -0.39 is 0 Å². The maximum absolute atomic E-state index is 12.8. The Morgan fingerprint density at radius 1 is 1.14 bits per heavy atom. The van der Waals surface area contributed by atoms with Gasteiger partial charge in [0.1, 0.15) is 5.69 Å². The van der Waals surface area contributed by atoms with Crippen molar-refractivity contribution in [1.29, 1.82) is 0 Å². The Kier molecular flexibility index (Phi) is 6.07. The molecule has 4 rings (SSSR count). The largest absolute Gasteiger partial charge is 0.300 e. The molecule has 3 heterocycles. The fourth-order valence-corrected chi connectivity index (χ4v) is 3.82. The fraction of sp³-hybridized carbons (Fsp3) is 0.364. The Balaban J connectivity index is 1.31. The third-order valence-corrected chi connectivity index (χ3v) is 5.46. The number of hydrogen-bond donors (Lipinski definition) is 1. The number of Topliss-reactive ketones (excluding diaryl/α,β-unsaturated/α-hetero) is 1. The fourth-order valence-electron chi connectivity index (χ4n) is 3.82. The van der Waals surface area contributed by atoms with Gasteiger partial charge in [-0.05, 0) is 18.6 Å². The van der Waals surface area contributed by atoms with Crippen molar-refractivity contribution in [2.24, 2.45) is 0 Å². The summed E-state index contributed by atoms with van der Waals surface area (Å²) >= 11 is 0. The van der Waals surface area contributed by atoms with Crippen LogP contribution in [-0.4, -0.2) is 68.0 Å². The van der Waals surface area contributed by atoms with Gasteiger partial charge >= 0.3 is 0 Å². The predicted molar refractivity (Wildman–Crippen MR) is 111 cm³/mol. The number of aromatic amines is 1. The van der Waals surface area contributed by atoms with Gasteiger partial charge in [-0.15, -0.1) is 0 Å². The SMILES string of the molecule is CC1CN(CCC(=O)c2cn[nH]c2-c2ncccn2)CCN1Cc1ccccc1. The number of hydrogen-bond acceptors (Lipinski definition) is 6. The van der Waals surface area contributed by atoms with Crippen LogP contribution in [0.2, 0.25) is 0 Å². The van der Waals surface area contributed by atoms with Crippen molar-refractivity contribution < 1.29 is 4.79 Å². The Labute approximate surface area is 170 Å². The van der Waals surface area contributed by atoms with E-state index in [9.17, 15) is 4.79 Å². The number of carbonyl (C=O) groups excluding carboxylic acids is 1. The van der Waals surface area contributed by atoms with Crippen LogP contribution in [0.15, 0.2) is 55.0 Å². The van der Waals surface area contributed by atoms with E-state index in [1.165, 1.54) is 5.56 Å². The number of ketones is 1. The summed E-state index contributed by atoms with van der Waals surface area (Å²) < 4.78 is 0. The van der Waals surface area contributed by atoms with E-state index in [1.54, 1.807) is 24.7 Å². The molecule has 0 aliphatic carbocycles. The van der Waals surface area contributed by atoms with E-state index in [4.69, 9.17) is 0 Å². The van der Waals surface area contributed by atoms with Gasteiger partial charge in [0.15, 0.2) is 11.6 Å². The molecule has 0 bridgehead atoms. The first-order valence-electron chi connectivity index (χ1n) is 10.0. The molecule has 1 aromatic carbocycles. The van der Waals surface area contributed by atoms with Gasteiger partial charge < -0.3 is 4.90 Å². The Bertz CT molecular complexity index is 927. The molecule has 1 N–H and O–H groups in total. The zero-order valence-electron chi connectivity index (χ0n) is 16.7. The van der Waals surface area contributed by atoms with Gasteiger partial charge in [0, 0.05) is 57.6 Å². The van der Waals surface area contributed by atoms with Crippen LogP contribution < -0.4 is 0 Å². The van der Waals surface area contributed by atoms with Crippen molar-refractivity contribution in [3.8, 4) is 11.5 Å². The molecule has 2 aromatic heterocycles. The highest BCUT2D eigenvalue weighted by Crippen LogP contribution is 2.19. The van der Waals surface area contributed by atoms with Crippen molar-refractivity contribution in [3.63, 3.8) is 0 Å². The third kappa shape index (κ3) is 4.75. The lowest BCUT2D eigenvalue weighted by Gasteiger charge is -2.39. The minimum Gasteiger partial charge on any atom is -0.300 e. The number of benzene rings is 1. The molecule has 7 nitrogen and oxygen atoms in total. The quantitative estimate of drug-likeness (QED) is 0.625. The number of piperazine rings is 1. The lowest BCUT2D eigenvalue weighted by Crippen LogP contribution is -2.51. The van der Waals surface area contributed by atoms with Crippen LogP contribution in [0.3, 0.4) is 0 Å². The molecule has 0 saturated carbocycles. The summed E-state index contributed by atoms with van der Waals surface area (Å²) in [4.78, 5) is 26.1. The van der Waals surface area contributed by atoms with Gasteiger partial charge in [0.2, 0.25) is 0 Å². The van der Waals surface area contributed by atoms with Crippen molar-refractivity contribution in [2.75, 3.05) is 26.2 Å². The van der Waals surface area contributed by atoms with Gasteiger partial charge in [-0.1, -0.05) is 30.3 Å². The highest BCUT2D eigenvalue weighted by Gasteiger charge is 2.24. The molecule has 1 fully saturated rings. The molecule has 0 amide bonds. The summed E-state index contributed by atoms with van der Waals surface area (Å²) in [5.41, 5.74) is 2.50. The van der Waals surface area contributed by atoms with E-state index in [0.717, 1.165) is 32.7 Å². The van der Waals surface area contributed by atoms with Gasteiger partial charge in [-0.3, -0.25) is 14.8 Å². The highest BCUT2D eigenvalue weighted by atomic mass is 16.1. The zero-order valence-corrected chi connectivity index (χ0v) is 16.7. The van der Waals surface area contributed by atoms with Crippen LogP contribution in [0, 0.1) is 0 Å². The molecule has 1 aliphatic heterocycles. The number of aromatic nitrogens is 4. The first-order valence-corrected chi connectivity index (χ1v) is 10.0. The van der Waals surface area contributed by atoms with Gasteiger partial charge in [0.05, 0.1) is 11.8 Å². The monoisotopic (exact) mass is 390 g/mol. The molecule has 1 saturated heterocycles. The summed E-state index contributed by atoms with van der Waals surface area (Å²) in [6.45, 7) is 6.95. The summed E-state index contributed by atoms with van der Waals surface area (Å²) in [5.74, 6) is 0.567. The van der Waals surface area contributed by atoms with Crippen molar-refractivity contribution in [1.82, 2.24) is 30.0 Å². The number of carbonyl (C=O) groups is 1. The number of rotatable bonds is 7. The summed E-state index contributed by atoms with van der Waals surface area (Å²) in [5, 5.41) is 6.89. The first kappa shape index (κ1) is 19.4. The first-order chi connectivity index (χ1) is 14.2. The number of nitrogens with one attached hydrogen (secondary N) is 1. The molecule has 7 heteroatoms. The van der Waals surface area contributed by atoms with Crippen LogP contribution in [0.4, 0.5) is 0 Å². The molecule has 0 radical (unpaired) electrons. The molecule has 1 atom stereocenters. The minimum atomic E-state index is 0.0700. The van der Waals surface area contributed by atoms with Gasteiger partial charge in [0.25, 0.3) is 0 Å². The van der Waals surface area contributed by atoms with E-state index in [1.807, 2.05) is 0 Å². The standard InChI is InChI=1S/C22H26N6O/c1-17-15-27(12-13-28(17)16-18-6-3-2-4-7-18)11-8-20(29)19-14-25-26-21(19)22-23-9-5-10-24-22/h2-7,9-10,14,17H,8,11-13,15-16H2,1H3,(H,25,26). The minimum absolute atomic E-state index is 0.0700. The van der Waals surface area contributed by atoms with Crippen molar-refractivity contribution in [2.45, 2.75) is 25.9 Å². The lowest BCUT2D eigenvalue weighted by atomic mass is 10.1. The maximum Gasteiger partial charge on any atom is 0.178 e. The predicted octanol–water partition coefficient (Wildman–Crippen LogP) is 2.65. The summed E-state index contributed by atoms with van der Waals surface area (Å²) in [7, 11) is 0. The average Bonchev–Trinajstić information content (AvgIpc) is 3.25. The zero-order chi connectivity index (χ0) is 20.1. The summed E-state index contributed by atoms with van der Waals surface area (Å²) in [6, 6.07) is 12.8. The highest BCUT2D eigenvalue weighted by molar-refractivity contribution is 6.00. The Morgan fingerprint density at radius 3 is 2.69 bits per heavy atom. The smallest absolute Gasteiger partial charge is 0.178 e. The molecule has 0 spiro atoms. The van der Waals surface area contributed by atoms with E-state index in [2.05, 4.69) is 67.2 Å². The van der Waals surface area contributed by atoms with Crippen LogP contribution in [-0.2, 0) is 6.54 Å². The van der Waals surface area contributed by atoms with Gasteiger partial charge in [-0.25, -0.2) is 9.97 Å². The van der Waals surface area contributed by atoms with Crippen LogP contribution in [0.5, 0.6) is 0 Å². The molecule has 150 valence electrons. The number of H-pyrrole nitrogens is 1. The molecule has 29 heavy (non-hydrogen) atoms. The Hall–Kier alpha value is -2.90.